The first-order valence-electron chi connectivity index (χ1n) is 11.5. The molecule has 2 aromatic heterocycles. The molecule has 1 amide bonds. The highest BCUT2D eigenvalue weighted by atomic mass is 16.5. The molecular formula is C25H29N6O3+. The third-order valence-electron chi connectivity index (χ3n) is 6.32. The number of amides is 1. The van der Waals surface area contributed by atoms with Crippen molar-refractivity contribution >= 4 is 33.9 Å². The Morgan fingerprint density at radius 3 is 2.53 bits per heavy atom. The van der Waals surface area contributed by atoms with E-state index in [1.165, 1.54) is 4.90 Å². The number of aromatic nitrogens is 3. The van der Waals surface area contributed by atoms with Gasteiger partial charge in [0.25, 0.3) is 5.91 Å². The quantitative estimate of drug-likeness (QED) is 0.379. The Kier molecular flexibility index (Phi) is 6.29. The molecule has 1 saturated heterocycles. The summed E-state index contributed by atoms with van der Waals surface area (Å²) in [4.78, 5) is 24.4. The fraction of sp³-hybridized carbons (Fsp3) is 0.320. The molecule has 9 nitrogen and oxygen atoms in total. The zero-order valence-corrected chi connectivity index (χ0v) is 19.2. The van der Waals surface area contributed by atoms with Crippen LogP contribution in [0.5, 0.6) is 5.75 Å². The first-order chi connectivity index (χ1) is 16.6. The van der Waals surface area contributed by atoms with Crippen molar-refractivity contribution in [3.05, 3.63) is 59.7 Å². The van der Waals surface area contributed by atoms with E-state index in [1.54, 1.807) is 7.11 Å². The maximum absolute atomic E-state index is 13.3. The van der Waals surface area contributed by atoms with Crippen LogP contribution in [0.1, 0.15) is 15.9 Å². The standard InChI is InChI=1S/C25H28N6O3/c1-33-18-8-6-17(7-9-18)16-27-25(32)21-22-24(29-20-5-3-2-4-19(20)28-22)31(23(21)26)11-10-30-12-14-34-15-13-30/h2-9H,10-16,26H2,1H3,(H,27,32)/p+1. The lowest BCUT2D eigenvalue weighted by molar-refractivity contribution is -0.908. The summed E-state index contributed by atoms with van der Waals surface area (Å²) in [5.74, 6) is 0.900. The number of quaternary nitrogens is 1. The van der Waals surface area contributed by atoms with Gasteiger partial charge in [-0.1, -0.05) is 24.3 Å². The third kappa shape index (κ3) is 4.40. The molecule has 0 unspecified atom stereocenters. The van der Waals surface area contributed by atoms with E-state index in [1.807, 2.05) is 53.1 Å². The van der Waals surface area contributed by atoms with Gasteiger partial charge in [-0.15, -0.1) is 0 Å². The molecule has 0 atom stereocenters. The number of carbonyl (C=O) groups is 1. The average Bonchev–Trinajstić information content (AvgIpc) is 3.15. The number of nitrogens with zero attached hydrogens (tertiary/aromatic N) is 3. The Morgan fingerprint density at radius 2 is 1.82 bits per heavy atom. The second-order valence-corrected chi connectivity index (χ2v) is 8.44. The highest BCUT2D eigenvalue weighted by Crippen LogP contribution is 2.27. The summed E-state index contributed by atoms with van der Waals surface area (Å²) in [5, 5.41) is 2.99. The van der Waals surface area contributed by atoms with E-state index in [9.17, 15) is 4.79 Å². The minimum absolute atomic E-state index is 0.264. The number of nitrogens with one attached hydrogen (secondary N) is 2. The monoisotopic (exact) mass is 461 g/mol. The molecule has 34 heavy (non-hydrogen) atoms. The SMILES string of the molecule is COc1ccc(CNC(=O)c2c(N)n(CC[NH+]3CCOCC3)c3nc4ccccc4nc23)cc1. The molecule has 0 spiro atoms. The predicted molar refractivity (Wildman–Crippen MR) is 130 cm³/mol. The lowest BCUT2D eigenvalue weighted by atomic mass is 10.2. The van der Waals surface area contributed by atoms with Gasteiger partial charge in [-0.2, -0.15) is 0 Å². The number of para-hydroxylation sites is 2. The molecule has 0 saturated carbocycles. The molecule has 5 rings (SSSR count). The summed E-state index contributed by atoms with van der Waals surface area (Å²) in [7, 11) is 1.63. The van der Waals surface area contributed by atoms with Crippen molar-refractivity contribution in [1.29, 1.82) is 0 Å². The summed E-state index contributed by atoms with van der Waals surface area (Å²) in [6.07, 6.45) is 0. The molecule has 4 N–H and O–H groups in total. The average molecular weight is 462 g/mol. The van der Waals surface area contributed by atoms with Crippen molar-refractivity contribution in [1.82, 2.24) is 19.9 Å². The first-order valence-corrected chi connectivity index (χ1v) is 11.5. The first kappa shape index (κ1) is 22.1. The number of morpholine rings is 1. The van der Waals surface area contributed by atoms with Gasteiger partial charge in [0, 0.05) is 6.54 Å². The number of rotatable bonds is 7. The number of ether oxygens (including phenoxy) is 2. The molecular weight excluding hydrogens is 432 g/mol. The largest absolute Gasteiger partial charge is 0.497 e. The van der Waals surface area contributed by atoms with E-state index in [2.05, 4.69) is 5.32 Å². The molecule has 2 aromatic carbocycles. The van der Waals surface area contributed by atoms with Gasteiger partial charge in [0.05, 0.1) is 44.4 Å². The molecule has 3 heterocycles. The summed E-state index contributed by atoms with van der Waals surface area (Å²) in [6.45, 7) is 5.34. The van der Waals surface area contributed by atoms with Gasteiger partial charge in [0.1, 0.15) is 35.7 Å². The Bertz CT molecular complexity index is 1310. The number of anilines is 1. The smallest absolute Gasteiger partial charge is 0.257 e. The summed E-state index contributed by atoms with van der Waals surface area (Å²) >= 11 is 0. The van der Waals surface area contributed by atoms with Crippen LogP contribution in [0, 0.1) is 0 Å². The van der Waals surface area contributed by atoms with Gasteiger partial charge in [-0.3, -0.25) is 4.79 Å². The van der Waals surface area contributed by atoms with Gasteiger partial charge >= 0.3 is 0 Å². The van der Waals surface area contributed by atoms with Crippen LogP contribution in [0.25, 0.3) is 22.2 Å². The summed E-state index contributed by atoms with van der Waals surface area (Å²) in [5.41, 5.74) is 10.6. The molecule has 0 bridgehead atoms. The van der Waals surface area contributed by atoms with Crippen molar-refractivity contribution in [3.8, 4) is 5.75 Å². The fourth-order valence-corrected chi connectivity index (χ4v) is 4.36. The number of fused-ring (bicyclic) bond motifs is 2. The second-order valence-electron chi connectivity index (χ2n) is 8.44. The molecule has 1 aliphatic heterocycles. The second kappa shape index (κ2) is 9.66. The van der Waals surface area contributed by atoms with E-state index in [0.717, 1.165) is 55.2 Å². The van der Waals surface area contributed by atoms with Crippen molar-refractivity contribution in [2.75, 3.05) is 45.7 Å². The van der Waals surface area contributed by atoms with E-state index >= 15 is 0 Å². The highest BCUT2D eigenvalue weighted by molar-refractivity contribution is 6.10. The van der Waals surface area contributed by atoms with E-state index in [-0.39, 0.29) is 5.91 Å². The molecule has 1 aliphatic rings. The minimum atomic E-state index is -0.264. The summed E-state index contributed by atoms with van der Waals surface area (Å²) in [6, 6.07) is 15.2. The minimum Gasteiger partial charge on any atom is -0.497 e. The molecule has 9 heteroatoms. The molecule has 0 aliphatic carbocycles. The van der Waals surface area contributed by atoms with Crippen LogP contribution in [0.3, 0.4) is 0 Å². The van der Waals surface area contributed by atoms with Gasteiger partial charge in [0.2, 0.25) is 0 Å². The van der Waals surface area contributed by atoms with Crippen molar-refractivity contribution in [2.45, 2.75) is 13.1 Å². The Balaban J connectivity index is 1.46. The van der Waals surface area contributed by atoms with E-state index in [4.69, 9.17) is 25.2 Å². The molecule has 0 radical (unpaired) electrons. The number of hydrogen-bond donors (Lipinski definition) is 3. The third-order valence-corrected chi connectivity index (χ3v) is 6.32. The van der Waals surface area contributed by atoms with Gasteiger partial charge in [0.15, 0.2) is 5.65 Å². The van der Waals surface area contributed by atoms with Gasteiger partial charge in [-0.05, 0) is 29.8 Å². The van der Waals surface area contributed by atoms with Crippen molar-refractivity contribution in [3.63, 3.8) is 0 Å². The fourth-order valence-electron chi connectivity index (χ4n) is 4.36. The normalized spacial score (nSPS) is 14.5. The maximum atomic E-state index is 13.3. The number of benzene rings is 2. The predicted octanol–water partition coefficient (Wildman–Crippen LogP) is 1.02. The van der Waals surface area contributed by atoms with Crippen LogP contribution < -0.4 is 20.7 Å². The van der Waals surface area contributed by atoms with Crippen LogP contribution in [-0.4, -0.2) is 60.4 Å². The Labute approximate surface area is 197 Å². The van der Waals surface area contributed by atoms with Gasteiger partial charge in [-0.25, -0.2) is 9.97 Å². The maximum Gasteiger partial charge on any atom is 0.257 e. The zero-order valence-electron chi connectivity index (χ0n) is 19.2. The van der Waals surface area contributed by atoms with Crippen LogP contribution in [-0.2, 0) is 17.8 Å². The molecule has 4 aromatic rings. The van der Waals surface area contributed by atoms with Crippen LogP contribution in [0.15, 0.2) is 48.5 Å². The van der Waals surface area contributed by atoms with E-state index in [0.29, 0.717) is 35.6 Å². The lowest BCUT2D eigenvalue weighted by Crippen LogP contribution is -3.14. The molecule has 1 fully saturated rings. The van der Waals surface area contributed by atoms with Crippen LogP contribution >= 0.6 is 0 Å². The lowest BCUT2D eigenvalue weighted by Gasteiger charge is -2.24. The number of hydrogen-bond acceptors (Lipinski definition) is 6. The highest BCUT2D eigenvalue weighted by Gasteiger charge is 2.25. The van der Waals surface area contributed by atoms with Gasteiger partial charge < -0.3 is 30.0 Å². The number of nitrogen functional groups attached to an aromatic ring is 1. The summed E-state index contributed by atoms with van der Waals surface area (Å²) < 4.78 is 12.6. The van der Waals surface area contributed by atoms with Crippen LogP contribution in [0.2, 0.25) is 0 Å². The molecule has 176 valence electrons. The number of carbonyl (C=O) groups excluding carboxylic acids is 1. The van der Waals surface area contributed by atoms with E-state index < -0.39 is 0 Å². The zero-order chi connectivity index (χ0) is 23.5. The van der Waals surface area contributed by atoms with Crippen LogP contribution in [0.4, 0.5) is 5.82 Å². The van der Waals surface area contributed by atoms with Crippen molar-refractivity contribution in [2.24, 2.45) is 0 Å². The Morgan fingerprint density at radius 1 is 1.12 bits per heavy atom. The topological polar surface area (TPSA) is 109 Å². The number of methoxy groups -OCH3 is 1. The Hall–Kier alpha value is -3.69. The number of nitrogens with two attached hydrogens (primary N) is 1. The van der Waals surface area contributed by atoms with Crippen molar-refractivity contribution < 1.29 is 19.2 Å².